The molecular formula is C29H25Cl2N3O. The van der Waals surface area contributed by atoms with Gasteiger partial charge < -0.3 is 9.13 Å². The van der Waals surface area contributed by atoms with Crippen LogP contribution < -0.4 is 5.56 Å². The van der Waals surface area contributed by atoms with Crippen molar-refractivity contribution in [3.05, 3.63) is 123 Å². The lowest BCUT2D eigenvalue weighted by Gasteiger charge is -2.35. The molecule has 0 N–H and O–H groups in total. The minimum atomic E-state index is -0.468. The molecule has 1 atom stereocenters. The number of rotatable bonds is 5. The van der Waals surface area contributed by atoms with Crippen molar-refractivity contribution in [1.29, 1.82) is 0 Å². The number of benzene rings is 3. The molecule has 0 bridgehead atoms. The van der Waals surface area contributed by atoms with Crippen LogP contribution in [0.15, 0.2) is 90.1 Å². The first-order valence-corrected chi connectivity index (χ1v) is 12.2. The maximum Gasteiger partial charge on any atom is 0.251 e. The molecule has 0 saturated carbocycles. The molecule has 0 spiro atoms. The summed E-state index contributed by atoms with van der Waals surface area (Å²) >= 11 is 12.6. The standard InChI is InChI=1S/C29H25Cl2N3O/c1-4-29(27-17-32-18-33(27)2,20-8-11-22(30)12-9-20)21-10-13-26-25(15-21)24(16-28(35)34(26)3)19-6-5-7-23(31)14-19/h5-18H,4H2,1-3H3. The third-order valence-electron chi connectivity index (χ3n) is 7.00. The van der Waals surface area contributed by atoms with Gasteiger partial charge in [0.1, 0.15) is 0 Å². The van der Waals surface area contributed by atoms with Crippen LogP contribution in [0.25, 0.3) is 22.0 Å². The van der Waals surface area contributed by atoms with Crippen LogP contribution in [0.1, 0.15) is 30.2 Å². The highest BCUT2D eigenvalue weighted by atomic mass is 35.5. The van der Waals surface area contributed by atoms with Crippen molar-refractivity contribution in [3.63, 3.8) is 0 Å². The quantitative estimate of drug-likeness (QED) is 0.260. The fourth-order valence-electron chi connectivity index (χ4n) is 5.18. The zero-order valence-electron chi connectivity index (χ0n) is 19.8. The predicted octanol–water partition coefficient (Wildman–Crippen LogP) is 6.99. The molecule has 2 aromatic heterocycles. The summed E-state index contributed by atoms with van der Waals surface area (Å²) in [6, 6.07) is 23.7. The number of aromatic nitrogens is 3. The Bertz CT molecular complexity index is 1600. The molecule has 4 nitrogen and oxygen atoms in total. The fourth-order valence-corrected chi connectivity index (χ4v) is 5.49. The Morgan fingerprint density at radius 2 is 1.63 bits per heavy atom. The number of fused-ring (bicyclic) bond motifs is 1. The van der Waals surface area contributed by atoms with Gasteiger partial charge in [0, 0.05) is 41.8 Å². The zero-order chi connectivity index (χ0) is 24.7. The molecule has 0 aliphatic carbocycles. The van der Waals surface area contributed by atoms with Crippen molar-refractivity contribution < 1.29 is 0 Å². The summed E-state index contributed by atoms with van der Waals surface area (Å²) in [5, 5.41) is 2.31. The highest BCUT2D eigenvalue weighted by Crippen LogP contribution is 2.43. The molecule has 0 amide bonds. The number of hydrogen-bond donors (Lipinski definition) is 0. The number of halogens is 2. The van der Waals surface area contributed by atoms with Crippen LogP contribution in [0, 0.1) is 0 Å². The zero-order valence-corrected chi connectivity index (χ0v) is 21.3. The third-order valence-corrected chi connectivity index (χ3v) is 7.48. The van der Waals surface area contributed by atoms with Crippen LogP contribution in [0.5, 0.6) is 0 Å². The third kappa shape index (κ3) is 3.87. The Labute approximate surface area is 214 Å². The highest BCUT2D eigenvalue weighted by Gasteiger charge is 2.37. The Morgan fingerprint density at radius 3 is 2.29 bits per heavy atom. The molecule has 5 rings (SSSR count). The van der Waals surface area contributed by atoms with E-state index >= 15 is 0 Å². The normalized spacial score (nSPS) is 13.2. The lowest BCUT2D eigenvalue weighted by atomic mass is 9.69. The molecule has 0 aliphatic heterocycles. The summed E-state index contributed by atoms with van der Waals surface area (Å²) in [5.74, 6) is 0. The van der Waals surface area contributed by atoms with E-state index < -0.39 is 5.41 Å². The summed E-state index contributed by atoms with van der Waals surface area (Å²) < 4.78 is 3.76. The van der Waals surface area contributed by atoms with E-state index in [2.05, 4.69) is 40.7 Å². The monoisotopic (exact) mass is 501 g/mol. The second-order valence-electron chi connectivity index (χ2n) is 8.85. The van der Waals surface area contributed by atoms with E-state index in [-0.39, 0.29) is 5.56 Å². The van der Waals surface area contributed by atoms with E-state index in [4.69, 9.17) is 23.2 Å². The number of nitrogens with zero attached hydrogens (tertiary/aromatic N) is 3. The van der Waals surface area contributed by atoms with Crippen LogP contribution in [0.4, 0.5) is 0 Å². The van der Waals surface area contributed by atoms with Crippen LogP contribution in [0.2, 0.25) is 10.0 Å². The van der Waals surface area contributed by atoms with Gasteiger partial charge in [0.25, 0.3) is 5.56 Å². The Balaban J connectivity index is 1.87. The molecule has 0 fully saturated rings. The molecule has 0 saturated heterocycles. The van der Waals surface area contributed by atoms with Gasteiger partial charge in [-0.3, -0.25) is 4.79 Å². The van der Waals surface area contributed by atoms with Crippen molar-refractivity contribution in [3.8, 4) is 11.1 Å². The molecule has 6 heteroatoms. The Morgan fingerprint density at radius 1 is 0.886 bits per heavy atom. The fraction of sp³-hybridized carbons (Fsp3) is 0.172. The topological polar surface area (TPSA) is 39.8 Å². The largest absolute Gasteiger partial charge is 0.337 e. The minimum Gasteiger partial charge on any atom is -0.337 e. The summed E-state index contributed by atoms with van der Waals surface area (Å²) in [5.41, 5.74) is 5.42. The second kappa shape index (κ2) is 9.03. The van der Waals surface area contributed by atoms with Crippen LogP contribution in [-0.2, 0) is 19.5 Å². The van der Waals surface area contributed by atoms with Gasteiger partial charge in [-0.1, -0.05) is 60.5 Å². The van der Waals surface area contributed by atoms with Crippen molar-refractivity contribution in [1.82, 2.24) is 14.1 Å². The second-order valence-corrected chi connectivity index (χ2v) is 9.73. The average molecular weight is 502 g/mol. The SMILES string of the molecule is CCC(c1ccc(Cl)cc1)(c1ccc2c(c1)c(-c1cccc(Cl)c1)cc(=O)n2C)c1cncn1C. The van der Waals surface area contributed by atoms with Crippen molar-refractivity contribution in [2.75, 3.05) is 0 Å². The first-order valence-electron chi connectivity index (χ1n) is 11.5. The molecule has 1 unspecified atom stereocenters. The van der Waals surface area contributed by atoms with Gasteiger partial charge in [0.05, 0.1) is 23.0 Å². The van der Waals surface area contributed by atoms with Crippen LogP contribution >= 0.6 is 23.2 Å². The molecule has 0 radical (unpaired) electrons. The van der Waals surface area contributed by atoms with E-state index in [1.54, 1.807) is 17.7 Å². The minimum absolute atomic E-state index is 0.0636. The van der Waals surface area contributed by atoms with Crippen molar-refractivity contribution >= 4 is 34.1 Å². The summed E-state index contributed by atoms with van der Waals surface area (Å²) in [7, 11) is 3.82. The lowest BCUT2D eigenvalue weighted by molar-refractivity contribution is 0.551. The van der Waals surface area contributed by atoms with Gasteiger partial charge in [0.2, 0.25) is 0 Å². The van der Waals surface area contributed by atoms with Gasteiger partial charge in [0.15, 0.2) is 0 Å². The molecule has 2 heterocycles. The smallest absolute Gasteiger partial charge is 0.251 e. The lowest BCUT2D eigenvalue weighted by Crippen LogP contribution is -2.31. The van der Waals surface area contributed by atoms with Gasteiger partial charge >= 0.3 is 0 Å². The van der Waals surface area contributed by atoms with E-state index in [1.165, 1.54) is 0 Å². The van der Waals surface area contributed by atoms with Crippen molar-refractivity contribution in [2.45, 2.75) is 18.8 Å². The first kappa shape index (κ1) is 23.4. The number of aryl methyl sites for hydroxylation is 2. The van der Waals surface area contributed by atoms with Gasteiger partial charge in [-0.05, 0) is 65.1 Å². The van der Waals surface area contributed by atoms with Crippen LogP contribution in [0.3, 0.4) is 0 Å². The molecule has 176 valence electrons. The Hall–Kier alpha value is -3.34. The number of imidazole rings is 1. The maximum atomic E-state index is 12.8. The van der Waals surface area contributed by atoms with Crippen molar-refractivity contribution in [2.24, 2.45) is 14.1 Å². The van der Waals surface area contributed by atoms with E-state index in [9.17, 15) is 4.79 Å². The summed E-state index contributed by atoms with van der Waals surface area (Å²) in [6.45, 7) is 2.18. The predicted molar refractivity (Wildman–Crippen MR) is 144 cm³/mol. The molecule has 0 aliphatic rings. The van der Waals surface area contributed by atoms with E-state index in [0.29, 0.717) is 10.0 Å². The number of pyridine rings is 1. The Kier molecular flexibility index (Phi) is 6.04. The summed E-state index contributed by atoms with van der Waals surface area (Å²) in [6.07, 6.45) is 4.57. The van der Waals surface area contributed by atoms with E-state index in [1.807, 2.05) is 62.0 Å². The van der Waals surface area contributed by atoms with E-state index in [0.717, 1.165) is 45.3 Å². The van der Waals surface area contributed by atoms with Crippen LogP contribution in [-0.4, -0.2) is 14.1 Å². The maximum absolute atomic E-state index is 12.8. The summed E-state index contributed by atoms with van der Waals surface area (Å²) in [4.78, 5) is 17.3. The molecule has 3 aromatic carbocycles. The van der Waals surface area contributed by atoms with Gasteiger partial charge in [-0.25, -0.2) is 4.98 Å². The highest BCUT2D eigenvalue weighted by molar-refractivity contribution is 6.31. The molecule has 35 heavy (non-hydrogen) atoms. The van der Waals surface area contributed by atoms with Gasteiger partial charge in [-0.2, -0.15) is 0 Å². The average Bonchev–Trinajstić information content (AvgIpc) is 3.29. The molecular weight excluding hydrogens is 477 g/mol. The first-order chi connectivity index (χ1) is 16.8. The van der Waals surface area contributed by atoms with Gasteiger partial charge in [-0.15, -0.1) is 0 Å². The number of hydrogen-bond acceptors (Lipinski definition) is 2. The molecule has 5 aromatic rings.